The summed E-state index contributed by atoms with van der Waals surface area (Å²) in [6.07, 6.45) is 3.52. The molecule has 3 heterocycles. The van der Waals surface area contributed by atoms with E-state index in [9.17, 15) is 4.79 Å². The standard InChI is InChI=1S/C20H26BrN5O3S/c1-25(8-9-28-2)20-24-14-10-16(26-6-4-3-5-7-26)13(11-17(14)29-20)22-18(27)15-12-30-19(21)23-15/h10-12,19,23H,3-9H2,1-2H3,(H,22,27). The van der Waals surface area contributed by atoms with Crippen molar-refractivity contribution in [3.63, 3.8) is 0 Å². The van der Waals surface area contributed by atoms with Crippen LogP contribution in [-0.4, -0.2) is 55.6 Å². The predicted octanol–water partition coefficient (Wildman–Crippen LogP) is 3.70. The highest BCUT2D eigenvalue weighted by Gasteiger charge is 2.23. The lowest BCUT2D eigenvalue weighted by atomic mass is 10.1. The first-order valence-electron chi connectivity index (χ1n) is 10.0. The fourth-order valence-electron chi connectivity index (χ4n) is 3.56. The van der Waals surface area contributed by atoms with Crippen molar-refractivity contribution >= 4 is 62.1 Å². The summed E-state index contributed by atoms with van der Waals surface area (Å²) in [6.45, 7) is 3.20. The largest absolute Gasteiger partial charge is 0.423 e. The average Bonchev–Trinajstić information content (AvgIpc) is 3.38. The molecular formula is C20H26BrN5O3S. The lowest BCUT2D eigenvalue weighted by Gasteiger charge is -2.30. The van der Waals surface area contributed by atoms with Crippen molar-refractivity contribution in [2.45, 2.75) is 23.5 Å². The van der Waals surface area contributed by atoms with Crippen LogP contribution in [0.1, 0.15) is 19.3 Å². The Labute approximate surface area is 188 Å². The van der Waals surface area contributed by atoms with Gasteiger partial charge in [-0.1, -0.05) is 27.7 Å². The van der Waals surface area contributed by atoms with E-state index in [-0.39, 0.29) is 10.2 Å². The number of methoxy groups -OCH3 is 1. The Morgan fingerprint density at radius 1 is 1.43 bits per heavy atom. The number of alkyl halides is 1. The fourth-order valence-corrected chi connectivity index (χ4v) is 4.76. The third-order valence-corrected chi connectivity index (χ3v) is 6.82. The Hall–Kier alpha value is -1.91. The second-order valence-corrected chi connectivity index (χ2v) is 9.88. The van der Waals surface area contributed by atoms with Gasteiger partial charge in [-0.2, -0.15) is 4.98 Å². The molecule has 1 amide bonds. The molecule has 0 spiro atoms. The molecule has 2 aliphatic heterocycles. The molecule has 2 aromatic rings. The molecule has 1 fully saturated rings. The number of hydrogen-bond donors (Lipinski definition) is 2. The molecule has 0 bridgehead atoms. The van der Waals surface area contributed by atoms with Crippen LogP contribution < -0.4 is 20.4 Å². The van der Waals surface area contributed by atoms with Gasteiger partial charge in [0.25, 0.3) is 11.9 Å². The highest BCUT2D eigenvalue weighted by molar-refractivity contribution is 9.11. The molecule has 1 aromatic heterocycles. The number of carbonyl (C=O) groups is 1. The van der Waals surface area contributed by atoms with Gasteiger partial charge in [-0.05, 0) is 25.3 Å². The lowest BCUT2D eigenvalue weighted by Crippen LogP contribution is -2.31. The maximum absolute atomic E-state index is 12.8. The van der Waals surface area contributed by atoms with Crippen molar-refractivity contribution < 1.29 is 13.9 Å². The van der Waals surface area contributed by atoms with E-state index >= 15 is 0 Å². The lowest BCUT2D eigenvalue weighted by molar-refractivity contribution is -0.113. The highest BCUT2D eigenvalue weighted by atomic mass is 79.9. The summed E-state index contributed by atoms with van der Waals surface area (Å²) in [7, 11) is 3.59. The number of halogens is 1. The molecule has 1 saturated heterocycles. The number of fused-ring (bicyclic) bond motifs is 1. The van der Waals surface area contributed by atoms with E-state index in [1.807, 2.05) is 29.5 Å². The van der Waals surface area contributed by atoms with Crippen LogP contribution in [0.4, 0.5) is 17.4 Å². The molecule has 4 rings (SSSR count). The first-order chi connectivity index (χ1) is 14.5. The number of amides is 1. The summed E-state index contributed by atoms with van der Waals surface area (Å²) in [5, 5.41) is 8.00. The van der Waals surface area contributed by atoms with E-state index in [0.717, 1.165) is 42.8 Å². The number of anilines is 3. The maximum atomic E-state index is 12.8. The van der Waals surface area contributed by atoms with E-state index in [4.69, 9.17) is 9.15 Å². The smallest absolute Gasteiger partial charge is 0.298 e. The summed E-state index contributed by atoms with van der Waals surface area (Å²) in [5.74, 6) is -0.168. The predicted molar refractivity (Wildman–Crippen MR) is 125 cm³/mol. The van der Waals surface area contributed by atoms with Gasteiger partial charge in [-0.25, -0.2) is 0 Å². The molecule has 162 valence electrons. The molecule has 0 radical (unpaired) electrons. The minimum Gasteiger partial charge on any atom is -0.423 e. The number of benzene rings is 1. The van der Waals surface area contributed by atoms with Crippen LogP contribution in [0.15, 0.2) is 27.7 Å². The number of oxazole rings is 1. The van der Waals surface area contributed by atoms with Crippen LogP contribution >= 0.6 is 27.7 Å². The number of rotatable bonds is 7. The molecule has 10 heteroatoms. The fraction of sp³-hybridized carbons (Fsp3) is 0.500. The highest BCUT2D eigenvalue weighted by Crippen LogP contribution is 2.35. The van der Waals surface area contributed by atoms with E-state index in [0.29, 0.717) is 30.4 Å². The maximum Gasteiger partial charge on any atom is 0.298 e. The molecule has 1 unspecified atom stereocenters. The molecule has 8 nitrogen and oxygen atoms in total. The van der Waals surface area contributed by atoms with Gasteiger partial charge in [0.1, 0.15) is 15.5 Å². The molecule has 2 aliphatic rings. The number of carbonyl (C=O) groups excluding carboxylic acids is 1. The second kappa shape index (κ2) is 9.49. The Bertz CT molecular complexity index is 944. The minimum absolute atomic E-state index is 0.0155. The normalized spacial score (nSPS) is 19.0. The number of ether oxygens (including phenoxy) is 1. The van der Waals surface area contributed by atoms with Crippen molar-refractivity contribution in [3.05, 3.63) is 23.2 Å². The average molecular weight is 496 g/mol. The molecule has 0 aliphatic carbocycles. The van der Waals surface area contributed by atoms with Crippen LogP contribution in [-0.2, 0) is 9.53 Å². The Kier molecular flexibility index (Phi) is 6.74. The van der Waals surface area contributed by atoms with Crippen molar-refractivity contribution in [2.75, 3.05) is 55.5 Å². The Balaban J connectivity index is 1.65. The Morgan fingerprint density at radius 3 is 2.93 bits per heavy atom. The van der Waals surface area contributed by atoms with Crippen LogP contribution in [0.5, 0.6) is 0 Å². The summed E-state index contributed by atoms with van der Waals surface area (Å²) in [4.78, 5) is 21.7. The molecule has 1 aromatic carbocycles. The van der Waals surface area contributed by atoms with Gasteiger partial charge >= 0.3 is 0 Å². The van der Waals surface area contributed by atoms with Gasteiger partial charge in [0, 0.05) is 45.3 Å². The molecular weight excluding hydrogens is 470 g/mol. The topological polar surface area (TPSA) is 82.9 Å². The summed E-state index contributed by atoms with van der Waals surface area (Å²) in [6, 6.07) is 4.44. The van der Waals surface area contributed by atoms with Crippen LogP contribution in [0.3, 0.4) is 0 Å². The van der Waals surface area contributed by atoms with Crippen LogP contribution in [0.2, 0.25) is 0 Å². The second-order valence-electron chi connectivity index (χ2n) is 7.38. The van der Waals surface area contributed by atoms with Gasteiger partial charge < -0.3 is 29.6 Å². The number of aromatic nitrogens is 1. The summed E-state index contributed by atoms with van der Waals surface area (Å²) < 4.78 is 11.1. The van der Waals surface area contributed by atoms with Crippen LogP contribution in [0.25, 0.3) is 11.1 Å². The zero-order valence-corrected chi connectivity index (χ0v) is 19.5. The number of thioether (sulfide) groups is 1. The summed E-state index contributed by atoms with van der Waals surface area (Å²) in [5.41, 5.74) is 3.69. The first-order valence-corrected chi connectivity index (χ1v) is 11.9. The zero-order valence-electron chi connectivity index (χ0n) is 17.1. The Morgan fingerprint density at radius 2 is 2.23 bits per heavy atom. The molecule has 0 saturated carbocycles. The molecule has 1 atom stereocenters. The number of piperidine rings is 1. The number of likely N-dealkylation sites (N-methyl/N-ethyl adjacent to an activating group) is 1. The molecule has 2 N–H and O–H groups in total. The van der Waals surface area contributed by atoms with Gasteiger partial charge in [-0.15, -0.1) is 0 Å². The van der Waals surface area contributed by atoms with Crippen LogP contribution in [0, 0.1) is 0 Å². The van der Waals surface area contributed by atoms with Crippen molar-refractivity contribution in [2.24, 2.45) is 0 Å². The van der Waals surface area contributed by atoms with Gasteiger partial charge in [0.2, 0.25) is 0 Å². The monoisotopic (exact) mass is 495 g/mol. The van der Waals surface area contributed by atoms with Crippen molar-refractivity contribution in [3.8, 4) is 0 Å². The van der Waals surface area contributed by atoms with E-state index in [1.54, 1.807) is 7.11 Å². The number of nitrogens with one attached hydrogen (secondary N) is 2. The number of nitrogens with zero attached hydrogens (tertiary/aromatic N) is 3. The van der Waals surface area contributed by atoms with Crippen molar-refractivity contribution in [1.29, 1.82) is 0 Å². The van der Waals surface area contributed by atoms with Gasteiger partial charge in [-0.3, -0.25) is 4.79 Å². The summed E-state index contributed by atoms with van der Waals surface area (Å²) >= 11 is 4.97. The number of hydrogen-bond acceptors (Lipinski definition) is 8. The quantitative estimate of drug-likeness (QED) is 0.444. The zero-order chi connectivity index (χ0) is 21.1. The first kappa shape index (κ1) is 21.3. The third kappa shape index (κ3) is 4.70. The van der Waals surface area contributed by atoms with E-state index in [1.165, 1.54) is 18.2 Å². The van der Waals surface area contributed by atoms with Gasteiger partial charge in [0.05, 0.1) is 18.0 Å². The van der Waals surface area contributed by atoms with E-state index in [2.05, 4.69) is 36.4 Å². The minimum atomic E-state index is -0.168. The SMILES string of the molecule is COCCN(C)c1nc2cc(N3CCCCC3)c(NC(=O)C3=CSC(Br)N3)cc2o1. The third-order valence-electron chi connectivity index (χ3n) is 5.22. The van der Waals surface area contributed by atoms with E-state index < -0.39 is 0 Å². The van der Waals surface area contributed by atoms with Crippen molar-refractivity contribution in [1.82, 2.24) is 10.3 Å². The van der Waals surface area contributed by atoms with Gasteiger partial charge in [0.15, 0.2) is 5.58 Å². The molecule has 30 heavy (non-hydrogen) atoms.